The van der Waals surface area contributed by atoms with Crippen LogP contribution in [0.1, 0.15) is 43.2 Å². The van der Waals surface area contributed by atoms with Gasteiger partial charge in [-0.05, 0) is 68.1 Å². The molecule has 1 fully saturated rings. The van der Waals surface area contributed by atoms with Crippen LogP contribution in [0, 0.1) is 0 Å². The van der Waals surface area contributed by atoms with Crippen molar-refractivity contribution >= 4 is 10.8 Å². The highest BCUT2D eigenvalue weighted by atomic mass is 15.0. The summed E-state index contributed by atoms with van der Waals surface area (Å²) >= 11 is 0. The van der Waals surface area contributed by atoms with Crippen LogP contribution in [0.2, 0.25) is 0 Å². The molecule has 3 heteroatoms. The predicted octanol–water partition coefficient (Wildman–Crippen LogP) is 12.6. The second-order valence-electron chi connectivity index (χ2n) is 14.2. The number of fused-ring (bicyclic) bond motifs is 6. The standard InChI is InChI=1S/C49H37N3/c1-4-15-34(16-5-1)46-50-47(35-17-6-2-7-18-35)52-48(51-46)36-27-25-33(26-28-36)37-29-30-40(39-20-9-8-19-38(37)39)42-22-14-23-43-41-21-10-11-24-44(41)49(45(42)43)31-12-3-13-32-49/h1-2,4-11,14-30H,3,12-13,31-32H2. The van der Waals surface area contributed by atoms with Crippen LogP contribution in [0.25, 0.3) is 78.3 Å². The lowest BCUT2D eigenvalue weighted by Crippen LogP contribution is -2.28. The van der Waals surface area contributed by atoms with Gasteiger partial charge in [0.15, 0.2) is 17.5 Å². The zero-order chi connectivity index (χ0) is 34.5. The molecule has 1 aromatic heterocycles. The topological polar surface area (TPSA) is 38.7 Å². The summed E-state index contributed by atoms with van der Waals surface area (Å²) in [5.41, 5.74) is 14.0. The Morgan fingerprint density at radius 3 is 1.42 bits per heavy atom. The number of hydrogen-bond acceptors (Lipinski definition) is 3. The van der Waals surface area contributed by atoms with Gasteiger partial charge in [0.1, 0.15) is 0 Å². The number of aromatic nitrogens is 3. The quantitative estimate of drug-likeness (QED) is 0.183. The van der Waals surface area contributed by atoms with E-state index in [9.17, 15) is 0 Å². The molecule has 1 heterocycles. The van der Waals surface area contributed by atoms with Gasteiger partial charge in [0, 0.05) is 22.1 Å². The zero-order valence-electron chi connectivity index (χ0n) is 29.0. The molecule has 3 nitrogen and oxygen atoms in total. The average Bonchev–Trinajstić information content (AvgIpc) is 3.50. The number of benzene rings is 7. The van der Waals surface area contributed by atoms with Gasteiger partial charge in [-0.1, -0.05) is 183 Å². The normalized spacial score (nSPS) is 14.3. The molecule has 52 heavy (non-hydrogen) atoms. The first kappa shape index (κ1) is 30.6. The minimum atomic E-state index is 0.0894. The molecule has 10 rings (SSSR count). The maximum Gasteiger partial charge on any atom is 0.164 e. The average molecular weight is 668 g/mol. The van der Waals surface area contributed by atoms with Gasteiger partial charge in [0.2, 0.25) is 0 Å². The minimum Gasteiger partial charge on any atom is -0.208 e. The van der Waals surface area contributed by atoms with Crippen molar-refractivity contribution in [2.45, 2.75) is 37.5 Å². The minimum absolute atomic E-state index is 0.0894. The summed E-state index contributed by atoms with van der Waals surface area (Å²) in [7, 11) is 0. The van der Waals surface area contributed by atoms with E-state index in [0.29, 0.717) is 17.5 Å². The third-order valence-electron chi connectivity index (χ3n) is 11.4. The van der Waals surface area contributed by atoms with E-state index < -0.39 is 0 Å². The van der Waals surface area contributed by atoms with Crippen molar-refractivity contribution < 1.29 is 0 Å². The maximum absolute atomic E-state index is 4.95. The second-order valence-corrected chi connectivity index (χ2v) is 14.2. The molecule has 1 saturated carbocycles. The summed E-state index contributed by atoms with van der Waals surface area (Å²) in [6.07, 6.45) is 6.33. The van der Waals surface area contributed by atoms with Crippen LogP contribution in [0.5, 0.6) is 0 Å². The lowest BCUT2D eigenvalue weighted by molar-refractivity contribution is 0.353. The van der Waals surface area contributed by atoms with Crippen molar-refractivity contribution in [2.24, 2.45) is 0 Å². The zero-order valence-corrected chi connectivity index (χ0v) is 29.0. The summed E-state index contributed by atoms with van der Waals surface area (Å²) in [5.74, 6) is 2.00. The Morgan fingerprint density at radius 2 is 0.788 bits per heavy atom. The largest absolute Gasteiger partial charge is 0.208 e. The van der Waals surface area contributed by atoms with Gasteiger partial charge < -0.3 is 0 Å². The van der Waals surface area contributed by atoms with E-state index in [1.165, 1.54) is 81.8 Å². The predicted molar refractivity (Wildman–Crippen MR) is 214 cm³/mol. The van der Waals surface area contributed by atoms with E-state index in [2.05, 4.69) is 103 Å². The molecule has 248 valence electrons. The van der Waals surface area contributed by atoms with Crippen LogP contribution < -0.4 is 0 Å². The van der Waals surface area contributed by atoms with E-state index in [1.54, 1.807) is 5.56 Å². The second kappa shape index (κ2) is 12.5. The molecule has 2 aliphatic rings. The Hall–Kier alpha value is -6.19. The third kappa shape index (κ3) is 4.99. The van der Waals surface area contributed by atoms with Gasteiger partial charge in [-0.2, -0.15) is 0 Å². The van der Waals surface area contributed by atoms with Crippen molar-refractivity contribution in [1.29, 1.82) is 0 Å². The molecule has 1 spiro atoms. The molecule has 0 aliphatic heterocycles. The van der Waals surface area contributed by atoms with Crippen molar-refractivity contribution in [1.82, 2.24) is 15.0 Å². The van der Waals surface area contributed by atoms with Gasteiger partial charge in [-0.3, -0.25) is 0 Å². The van der Waals surface area contributed by atoms with Crippen LogP contribution in [0.15, 0.2) is 164 Å². The SMILES string of the molecule is c1ccc(-c2nc(-c3ccccc3)nc(-c3ccc(-c4ccc(-c5cccc6c5C5(CCCCC5)c5ccccc5-6)c5ccccc45)cc3)n2)cc1. The van der Waals surface area contributed by atoms with Crippen LogP contribution in [-0.4, -0.2) is 15.0 Å². The molecular weight excluding hydrogens is 631 g/mol. The number of nitrogens with zero attached hydrogens (tertiary/aromatic N) is 3. The van der Waals surface area contributed by atoms with Gasteiger partial charge in [-0.15, -0.1) is 0 Å². The Bertz CT molecular complexity index is 2530. The van der Waals surface area contributed by atoms with Crippen LogP contribution in [-0.2, 0) is 5.41 Å². The highest BCUT2D eigenvalue weighted by Gasteiger charge is 2.45. The fourth-order valence-corrected chi connectivity index (χ4v) is 8.98. The Morgan fingerprint density at radius 1 is 0.327 bits per heavy atom. The summed E-state index contributed by atoms with van der Waals surface area (Å²) < 4.78 is 0. The molecular formula is C49H37N3. The smallest absolute Gasteiger partial charge is 0.164 e. The molecule has 0 unspecified atom stereocenters. The molecule has 0 saturated heterocycles. The molecule has 8 aromatic rings. The van der Waals surface area contributed by atoms with Crippen LogP contribution in [0.4, 0.5) is 0 Å². The fraction of sp³-hybridized carbons (Fsp3) is 0.122. The first-order valence-electron chi connectivity index (χ1n) is 18.5. The van der Waals surface area contributed by atoms with Crippen LogP contribution >= 0.6 is 0 Å². The number of rotatable bonds is 5. The highest BCUT2D eigenvalue weighted by molar-refractivity contribution is 6.06. The van der Waals surface area contributed by atoms with Gasteiger partial charge in [0.05, 0.1) is 0 Å². The number of hydrogen-bond donors (Lipinski definition) is 0. The fourth-order valence-electron chi connectivity index (χ4n) is 8.98. The third-order valence-corrected chi connectivity index (χ3v) is 11.4. The van der Waals surface area contributed by atoms with Gasteiger partial charge in [-0.25, -0.2) is 15.0 Å². The van der Waals surface area contributed by atoms with Gasteiger partial charge >= 0.3 is 0 Å². The molecule has 0 atom stereocenters. The van der Waals surface area contributed by atoms with E-state index in [0.717, 1.165) is 16.7 Å². The van der Waals surface area contributed by atoms with Crippen molar-refractivity contribution in [3.8, 4) is 67.5 Å². The van der Waals surface area contributed by atoms with E-state index in [-0.39, 0.29) is 5.41 Å². The summed E-state index contributed by atoms with van der Waals surface area (Å²) in [5, 5.41) is 2.55. The maximum atomic E-state index is 4.95. The highest BCUT2D eigenvalue weighted by Crippen LogP contribution is 2.58. The molecule has 0 amide bonds. The molecule has 0 N–H and O–H groups in total. The monoisotopic (exact) mass is 667 g/mol. The van der Waals surface area contributed by atoms with Crippen LogP contribution in [0.3, 0.4) is 0 Å². The van der Waals surface area contributed by atoms with Crippen molar-refractivity contribution in [2.75, 3.05) is 0 Å². The van der Waals surface area contributed by atoms with E-state index in [4.69, 9.17) is 15.0 Å². The Kier molecular flexibility index (Phi) is 7.38. The van der Waals surface area contributed by atoms with E-state index in [1.807, 2.05) is 60.7 Å². The molecule has 0 radical (unpaired) electrons. The van der Waals surface area contributed by atoms with Crippen molar-refractivity contribution in [3.05, 3.63) is 175 Å². The van der Waals surface area contributed by atoms with Crippen molar-refractivity contribution in [3.63, 3.8) is 0 Å². The summed E-state index contributed by atoms with van der Waals surface area (Å²) in [6, 6.07) is 58.8. The first-order valence-corrected chi connectivity index (χ1v) is 18.5. The first-order chi connectivity index (χ1) is 25.8. The molecule has 7 aromatic carbocycles. The molecule has 0 bridgehead atoms. The lowest BCUT2D eigenvalue weighted by atomic mass is 9.66. The molecule has 2 aliphatic carbocycles. The van der Waals surface area contributed by atoms with E-state index >= 15 is 0 Å². The summed E-state index contributed by atoms with van der Waals surface area (Å²) in [6.45, 7) is 0. The van der Waals surface area contributed by atoms with Gasteiger partial charge in [0.25, 0.3) is 0 Å². The Balaban J connectivity index is 1.07. The lowest BCUT2D eigenvalue weighted by Gasteiger charge is -2.37. The summed E-state index contributed by atoms with van der Waals surface area (Å²) in [4.78, 5) is 14.8. The Labute approximate surface area is 304 Å².